The van der Waals surface area contributed by atoms with Gasteiger partial charge >= 0.3 is 0 Å². The number of hydrogen-bond donors (Lipinski definition) is 1. The van der Waals surface area contributed by atoms with Gasteiger partial charge in [-0.1, -0.05) is 20.3 Å². The highest BCUT2D eigenvalue weighted by atomic mass is 16.5. The molecule has 0 radical (unpaired) electrons. The van der Waals surface area contributed by atoms with Crippen molar-refractivity contribution < 1.29 is 14.3 Å². The van der Waals surface area contributed by atoms with Crippen LogP contribution in [0.2, 0.25) is 0 Å². The van der Waals surface area contributed by atoms with Crippen molar-refractivity contribution in [3.63, 3.8) is 0 Å². The first-order chi connectivity index (χ1) is 8.07. The Labute approximate surface area is 102 Å². The van der Waals surface area contributed by atoms with Crippen LogP contribution in [0.4, 0.5) is 0 Å². The lowest BCUT2D eigenvalue weighted by atomic mass is 9.64. The highest BCUT2D eigenvalue weighted by Gasteiger charge is 2.48. The van der Waals surface area contributed by atoms with Crippen molar-refractivity contribution in [1.29, 1.82) is 0 Å². The third-order valence-corrected chi connectivity index (χ3v) is 4.29. The first kappa shape index (κ1) is 12.6. The predicted octanol–water partition coefficient (Wildman–Crippen LogP) is 1.63. The molecule has 4 heteroatoms. The first-order valence-electron chi connectivity index (χ1n) is 6.53. The Morgan fingerprint density at radius 1 is 1.47 bits per heavy atom. The van der Waals surface area contributed by atoms with Crippen molar-refractivity contribution in [2.24, 2.45) is 11.3 Å². The third kappa shape index (κ3) is 2.37. The highest BCUT2D eigenvalue weighted by Crippen LogP contribution is 2.46. The molecule has 2 rings (SSSR count). The van der Waals surface area contributed by atoms with Crippen molar-refractivity contribution in [3.8, 4) is 0 Å². The predicted molar refractivity (Wildman–Crippen MR) is 63.2 cm³/mol. The number of nitrogens with one attached hydrogen (secondary N) is 1. The number of amides is 2. The SMILES string of the molecule is CCCC1CC2(CCO1)CC(=O)NC(=O)C2C. The molecule has 2 aliphatic heterocycles. The fraction of sp³-hybridized carbons (Fsp3) is 0.846. The van der Waals surface area contributed by atoms with Gasteiger partial charge in [0, 0.05) is 18.9 Å². The van der Waals surface area contributed by atoms with E-state index in [0.29, 0.717) is 13.0 Å². The van der Waals surface area contributed by atoms with E-state index in [0.717, 1.165) is 25.7 Å². The topological polar surface area (TPSA) is 55.4 Å². The summed E-state index contributed by atoms with van der Waals surface area (Å²) in [7, 11) is 0. The Balaban J connectivity index is 2.15. The molecule has 2 amide bonds. The third-order valence-electron chi connectivity index (χ3n) is 4.29. The summed E-state index contributed by atoms with van der Waals surface area (Å²) in [4.78, 5) is 23.4. The van der Waals surface area contributed by atoms with Crippen LogP contribution in [0.5, 0.6) is 0 Å². The van der Waals surface area contributed by atoms with Crippen LogP contribution in [0.15, 0.2) is 0 Å². The molecule has 2 heterocycles. The smallest absolute Gasteiger partial charge is 0.229 e. The molecule has 1 N–H and O–H groups in total. The van der Waals surface area contributed by atoms with Crippen LogP contribution in [0.1, 0.15) is 46.0 Å². The molecule has 0 saturated carbocycles. The molecule has 3 unspecified atom stereocenters. The van der Waals surface area contributed by atoms with E-state index >= 15 is 0 Å². The molecule has 0 aromatic carbocycles. The lowest BCUT2D eigenvalue weighted by molar-refractivity contribution is -0.151. The zero-order valence-electron chi connectivity index (χ0n) is 10.6. The van der Waals surface area contributed by atoms with Crippen LogP contribution < -0.4 is 5.32 Å². The number of imide groups is 1. The van der Waals surface area contributed by atoms with E-state index in [1.807, 2.05) is 6.92 Å². The second kappa shape index (κ2) is 4.77. The Hall–Kier alpha value is -0.900. The quantitative estimate of drug-likeness (QED) is 0.745. The molecule has 0 aromatic rings. The Kier molecular flexibility index (Phi) is 3.52. The van der Waals surface area contributed by atoms with Crippen molar-refractivity contribution in [2.45, 2.75) is 52.1 Å². The van der Waals surface area contributed by atoms with Gasteiger partial charge in [-0.05, 0) is 24.7 Å². The number of piperidine rings is 1. The van der Waals surface area contributed by atoms with Crippen molar-refractivity contribution >= 4 is 11.8 Å². The second-order valence-corrected chi connectivity index (χ2v) is 5.41. The molecule has 3 atom stereocenters. The molecule has 0 bridgehead atoms. The Bertz CT molecular complexity index is 327. The molecule has 4 nitrogen and oxygen atoms in total. The lowest BCUT2D eigenvalue weighted by Gasteiger charge is -2.46. The van der Waals surface area contributed by atoms with E-state index in [4.69, 9.17) is 4.74 Å². The maximum Gasteiger partial charge on any atom is 0.229 e. The number of carbonyl (C=O) groups excluding carboxylic acids is 2. The monoisotopic (exact) mass is 239 g/mol. The van der Waals surface area contributed by atoms with Crippen LogP contribution in [0.25, 0.3) is 0 Å². The van der Waals surface area contributed by atoms with Gasteiger partial charge in [0.15, 0.2) is 0 Å². The average molecular weight is 239 g/mol. The van der Waals surface area contributed by atoms with Crippen molar-refractivity contribution in [1.82, 2.24) is 5.32 Å². The van der Waals surface area contributed by atoms with Gasteiger partial charge in [0.1, 0.15) is 0 Å². The molecule has 2 saturated heterocycles. The van der Waals surface area contributed by atoms with Gasteiger partial charge in [0.05, 0.1) is 6.10 Å². The molecule has 2 fully saturated rings. The second-order valence-electron chi connectivity index (χ2n) is 5.41. The molecular formula is C13H21NO3. The van der Waals surface area contributed by atoms with Crippen LogP contribution in [-0.4, -0.2) is 24.5 Å². The molecule has 1 spiro atoms. The summed E-state index contributed by atoms with van der Waals surface area (Å²) in [6.07, 6.45) is 4.47. The van der Waals surface area contributed by atoms with E-state index in [1.165, 1.54) is 0 Å². The summed E-state index contributed by atoms with van der Waals surface area (Å²) in [6.45, 7) is 4.75. The van der Waals surface area contributed by atoms with E-state index in [9.17, 15) is 9.59 Å². The minimum absolute atomic E-state index is 0.0801. The minimum Gasteiger partial charge on any atom is -0.378 e. The summed E-state index contributed by atoms with van der Waals surface area (Å²) < 4.78 is 5.72. The zero-order chi connectivity index (χ0) is 12.5. The zero-order valence-corrected chi connectivity index (χ0v) is 10.6. The largest absolute Gasteiger partial charge is 0.378 e. The number of hydrogen-bond acceptors (Lipinski definition) is 3. The molecule has 96 valence electrons. The summed E-state index contributed by atoms with van der Waals surface area (Å²) in [5.74, 6) is -0.313. The van der Waals surface area contributed by atoms with Gasteiger partial charge in [-0.2, -0.15) is 0 Å². The van der Waals surface area contributed by atoms with Gasteiger partial charge in [-0.25, -0.2) is 0 Å². The highest BCUT2D eigenvalue weighted by molar-refractivity contribution is 5.99. The maximum atomic E-state index is 11.8. The van der Waals surface area contributed by atoms with Crippen molar-refractivity contribution in [2.75, 3.05) is 6.61 Å². The molecule has 2 aliphatic rings. The van der Waals surface area contributed by atoms with Crippen LogP contribution in [0, 0.1) is 11.3 Å². The van der Waals surface area contributed by atoms with Crippen molar-refractivity contribution in [3.05, 3.63) is 0 Å². The molecule has 0 aromatic heterocycles. The van der Waals surface area contributed by atoms with E-state index in [1.54, 1.807) is 0 Å². The Morgan fingerprint density at radius 3 is 2.94 bits per heavy atom. The van der Waals surface area contributed by atoms with E-state index < -0.39 is 0 Å². The summed E-state index contributed by atoms with van der Waals surface area (Å²) in [5.41, 5.74) is -0.155. The minimum atomic E-state index is -0.155. The van der Waals surface area contributed by atoms with Gasteiger partial charge in [-0.15, -0.1) is 0 Å². The summed E-state index contributed by atoms with van der Waals surface area (Å²) in [6, 6.07) is 0. The van der Waals surface area contributed by atoms with E-state index in [-0.39, 0.29) is 29.3 Å². The van der Waals surface area contributed by atoms with Crippen LogP contribution in [0.3, 0.4) is 0 Å². The number of rotatable bonds is 2. The Morgan fingerprint density at radius 2 is 2.24 bits per heavy atom. The van der Waals surface area contributed by atoms with Gasteiger partial charge < -0.3 is 4.74 Å². The summed E-state index contributed by atoms with van der Waals surface area (Å²) >= 11 is 0. The van der Waals surface area contributed by atoms with Gasteiger partial charge in [-0.3, -0.25) is 14.9 Å². The first-order valence-corrected chi connectivity index (χ1v) is 6.53. The van der Waals surface area contributed by atoms with E-state index in [2.05, 4.69) is 12.2 Å². The normalized spacial score (nSPS) is 38.2. The standard InChI is InChI=1S/C13H21NO3/c1-3-4-10-7-13(5-6-17-10)8-11(15)14-12(16)9(13)2/h9-10H,3-8H2,1-2H3,(H,14,15,16). The van der Waals surface area contributed by atoms with Gasteiger partial charge in [0.2, 0.25) is 11.8 Å². The lowest BCUT2D eigenvalue weighted by Crippen LogP contribution is -2.54. The fourth-order valence-electron chi connectivity index (χ4n) is 3.15. The maximum absolute atomic E-state index is 11.8. The molecule has 0 aliphatic carbocycles. The molecular weight excluding hydrogens is 218 g/mol. The van der Waals surface area contributed by atoms with Gasteiger partial charge in [0.25, 0.3) is 0 Å². The molecule has 17 heavy (non-hydrogen) atoms. The number of carbonyl (C=O) groups is 2. The fourth-order valence-corrected chi connectivity index (χ4v) is 3.15. The van der Waals surface area contributed by atoms with Crippen LogP contribution >= 0.6 is 0 Å². The van der Waals surface area contributed by atoms with Crippen LogP contribution in [-0.2, 0) is 14.3 Å². The number of ether oxygens (including phenoxy) is 1. The average Bonchev–Trinajstić information content (AvgIpc) is 2.27. The summed E-state index contributed by atoms with van der Waals surface area (Å²) in [5, 5.41) is 2.43.